The Balaban J connectivity index is 2.20. The number of anilines is 1. The molecular weight excluding hydrogens is 294 g/mol. The summed E-state index contributed by atoms with van der Waals surface area (Å²) in [6.45, 7) is 8.36. The predicted molar refractivity (Wildman–Crippen MR) is 93.7 cm³/mol. The van der Waals surface area contributed by atoms with Crippen LogP contribution in [0.1, 0.15) is 12.0 Å². The Morgan fingerprint density at radius 3 is 2.84 bits per heavy atom. The fourth-order valence-electron chi connectivity index (χ4n) is 1.87. The summed E-state index contributed by atoms with van der Waals surface area (Å²) in [5.41, 5.74) is 2.13. The molecule has 1 unspecified atom stereocenters. The van der Waals surface area contributed by atoms with Crippen molar-refractivity contribution in [3.05, 3.63) is 43.0 Å². The molecular formula is C13H19N3S3. The van der Waals surface area contributed by atoms with E-state index in [0.29, 0.717) is 0 Å². The maximum atomic E-state index is 4.68. The third kappa shape index (κ3) is 3.52. The molecule has 0 bridgehead atoms. The lowest BCUT2D eigenvalue weighted by Gasteiger charge is -2.41. The molecule has 0 radical (unpaired) electrons. The predicted octanol–water partition coefficient (Wildman–Crippen LogP) is 3.56. The molecule has 0 fully saturated rings. The van der Waals surface area contributed by atoms with E-state index in [4.69, 9.17) is 0 Å². The number of fused-ring (bicyclic) bond motifs is 1. The molecule has 1 atom stereocenters. The molecule has 3 N–H and O–H groups in total. The van der Waals surface area contributed by atoms with Crippen molar-refractivity contribution < 1.29 is 0 Å². The minimum atomic E-state index is -1.60. The Kier molecular flexibility index (Phi) is 4.92. The number of rotatable bonds is 5. The van der Waals surface area contributed by atoms with Crippen LogP contribution in [0.3, 0.4) is 0 Å². The van der Waals surface area contributed by atoms with Crippen LogP contribution >= 0.6 is 31.6 Å². The van der Waals surface area contributed by atoms with E-state index in [1.807, 2.05) is 24.3 Å². The lowest BCUT2D eigenvalue weighted by Crippen LogP contribution is -2.50. The van der Waals surface area contributed by atoms with Crippen LogP contribution in [0.4, 0.5) is 5.69 Å². The monoisotopic (exact) mass is 313 g/mol. The van der Waals surface area contributed by atoms with Crippen LogP contribution in [0.5, 0.6) is 0 Å². The van der Waals surface area contributed by atoms with E-state index in [1.165, 1.54) is 0 Å². The van der Waals surface area contributed by atoms with E-state index >= 15 is 0 Å². The van der Waals surface area contributed by atoms with Crippen LogP contribution in [-0.2, 0) is 0 Å². The summed E-state index contributed by atoms with van der Waals surface area (Å²) in [6, 6.07) is 6.13. The first-order valence-corrected chi connectivity index (χ1v) is 9.73. The SMILES string of the molecule is C=CCCNC1Nc2cc(C=C)ccc2S(S)(S)N1. The first kappa shape index (κ1) is 14.9. The van der Waals surface area contributed by atoms with Gasteiger partial charge in [0.05, 0.1) is 5.69 Å². The van der Waals surface area contributed by atoms with Gasteiger partial charge in [0.15, 0.2) is 0 Å². The average molecular weight is 314 g/mol. The van der Waals surface area contributed by atoms with Crippen LogP contribution in [0.25, 0.3) is 6.08 Å². The Morgan fingerprint density at radius 1 is 1.37 bits per heavy atom. The van der Waals surface area contributed by atoms with E-state index < -0.39 is 8.28 Å². The Morgan fingerprint density at radius 2 is 2.16 bits per heavy atom. The minimum Gasteiger partial charge on any atom is -0.356 e. The smallest absolute Gasteiger partial charge is 0.141 e. The molecule has 104 valence electrons. The maximum absolute atomic E-state index is 4.68. The van der Waals surface area contributed by atoms with Crippen LogP contribution in [-0.4, -0.2) is 12.8 Å². The highest BCUT2D eigenvalue weighted by Crippen LogP contribution is 2.64. The summed E-state index contributed by atoms with van der Waals surface area (Å²) < 4.78 is 3.37. The van der Waals surface area contributed by atoms with Gasteiger partial charge in [0, 0.05) is 11.4 Å². The van der Waals surface area contributed by atoms with E-state index in [1.54, 1.807) is 0 Å². The summed E-state index contributed by atoms with van der Waals surface area (Å²) in [5.74, 6) is 0. The first-order valence-electron chi connectivity index (χ1n) is 5.99. The fourth-order valence-corrected chi connectivity index (χ4v) is 4.74. The zero-order valence-electron chi connectivity index (χ0n) is 10.6. The molecule has 1 aromatic carbocycles. The van der Waals surface area contributed by atoms with Gasteiger partial charge in [0.25, 0.3) is 0 Å². The standard InChI is InChI=1S/C13H19N3S3/c1-3-5-8-14-13-15-11-9-10(4-2)6-7-12(11)19(17,18)16-13/h3-4,6-7,9,13-18H,1-2,5,8H2. The molecule has 6 heteroatoms. The van der Waals surface area contributed by atoms with Crippen LogP contribution in [0.15, 0.2) is 42.3 Å². The number of benzene rings is 1. The van der Waals surface area contributed by atoms with Gasteiger partial charge in [0.2, 0.25) is 0 Å². The number of hydrogen-bond acceptors (Lipinski definition) is 5. The molecule has 0 aliphatic carbocycles. The molecule has 19 heavy (non-hydrogen) atoms. The van der Waals surface area contributed by atoms with Crippen molar-refractivity contribution in [1.82, 2.24) is 10.0 Å². The van der Waals surface area contributed by atoms with Crippen molar-refractivity contribution in [2.75, 3.05) is 11.9 Å². The third-order valence-electron chi connectivity index (χ3n) is 2.82. The van der Waals surface area contributed by atoms with Crippen molar-refractivity contribution in [2.24, 2.45) is 0 Å². The average Bonchev–Trinajstić information content (AvgIpc) is 2.37. The Hall–Kier alpha value is -0.530. The van der Waals surface area contributed by atoms with E-state index in [9.17, 15) is 0 Å². The van der Waals surface area contributed by atoms with Crippen molar-refractivity contribution in [3.8, 4) is 0 Å². The van der Waals surface area contributed by atoms with Gasteiger partial charge in [-0.25, -0.2) is 4.72 Å². The van der Waals surface area contributed by atoms with Gasteiger partial charge in [0.1, 0.15) is 6.29 Å². The van der Waals surface area contributed by atoms with Crippen molar-refractivity contribution >= 4 is 43.4 Å². The summed E-state index contributed by atoms with van der Waals surface area (Å²) >= 11 is 9.35. The third-order valence-corrected chi connectivity index (χ3v) is 6.17. The summed E-state index contributed by atoms with van der Waals surface area (Å²) in [6.07, 6.45) is 4.60. The second-order valence-electron chi connectivity index (χ2n) is 4.24. The molecule has 0 spiro atoms. The molecule has 1 aliphatic heterocycles. The molecule has 3 nitrogen and oxygen atoms in total. The molecule has 1 heterocycles. The number of thiol groups is 2. The van der Waals surface area contributed by atoms with Gasteiger partial charge in [-0.3, -0.25) is 5.32 Å². The Bertz CT molecular complexity index is 488. The zero-order valence-corrected chi connectivity index (χ0v) is 13.2. The van der Waals surface area contributed by atoms with Crippen LogP contribution < -0.4 is 15.4 Å². The van der Waals surface area contributed by atoms with Gasteiger partial charge in [-0.2, -0.15) is 0 Å². The van der Waals surface area contributed by atoms with Crippen LogP contribution in [0.2, 0.25) is 0 Å². The normalized spacial score (nSPS) is 21.9. The second-order valence-corrected chi connectivity index (χ2v) is 10.2. The van der Waals surface area contributed by atoms with Gasteiger partial charge in [-0.1, -0.05) is 33.1 Å². The van der Waals surface area contributed by atoms with Crippen molar-refractivity contribution in [3.63, 3.8) is 0 Å². The zero-order chi connectivity index (χ0) is 13.9. The first-order chi connectivity index (χ1) is 9.06. The largest absolute Gasteiger partial charge is 0.356 e. The molecule has 1 aliphatic rings. The van der Waals surface area contributed by atoms with E-state index in [-0.39, 0.29) is 6.29 Å². The summed E-state index contributed by atoms with van der Waals surface area (Å²) in [7, 11) is -1.60. The van der Waals surface area contributed by atoms with Gasteiger partial charge in [-0.05, 0) is 24.1 Å². The molecule has 1 aromatic rings. The topological polar surface area (TPSA) is 36.1 Å². The lowest BCUT2D eigenvalue weighted by molar-refractivity contribution is 0.549. The van der Waals surface area contributed by atoms with Gasteiger partial charge < -0.3 is 5.32 Å². The highest BCUT2D eigenvalue weighted by atomic mass is 33.5. The van der Waals surface area contributed by atoms with E-state index in [0.717, 1.165) is 29.1 Å². The van der Waals surface area contributed by atoms with Crippen molar-refractivity contribution in [2.45, 2.75) is 17.6 Å². The second kappa shape index (κ2) is 6.28. The molecule has 0 aromatic heterocycles. The fraction of sp³-hybridized carbons (Fsp3) is 0.231. The van der Waals surface area contributed by atoms with Crippen molar-refractivity contribution in [1.29, 1.82) is 0 Å². The maximum Gasteiger partial charge on any atom is 0.141 e. The summed E-state index contributed by atoms with van der Waals surface area (Å²) in [4.78, 5) is 1.09. The lowest BCUT2D eigenvalue weighted by atomic mass is 10.2. The quantitative estimate of drug-likeness (QED) is 0.250. The van der Waals surface area contributed by atoms with Gasteiger partial charge >= 0.3 is 0 Å². The van der Waals surface area contributed by atoms with Gasteiger partial charge in [-0.15, -0.1) is 29.9 Å². The number of hydrogen-bond donors (Lipinski definition) is 5. The highest BCUT2D eigenvalue weighted by molar-refractivity contribution is 9.17. The van der Waals surface area contributed by atoms with Crippen LogP contribution in [0, 0.1) is 0 Å². The summed E-state index contributed by atoms with van der Waals surface area (Å²) in [5, 5.41) is 6.77. The van der Waals surface area contributed by atoms with E-state index in [2.05, 4.69) is 57.9 Å². The minimum absolute atomic E-state index is 0.0440. The number of nitrogens with one attached hydrogen (secondary N) is 3. The Labute approximate surface area is 126 Å². The highest BCUT2D eigenvalue weighted by Gasteiger charge is 2.29. The molecule has 0 saturated carbocycles. The molecule has 0 saturated heterocycles. The molecule has 0 amide bonds. The molecule has 2 rings (SSSR count).